The fourth-order valence-corrected chi connectivity index (χ4v) is 2.29. The van der Waals surface area contributed by atoms with Crippen molar-refractivity contribution in [3.63, 3.8) is 0 Å². The SMILES string of the molecule is COC(=O)C1=COC(O)[C@@H]2C(C(=O)O)=CC[C@H]12. The summed E-state index contributed by atoms with van der Waals surface area (Å²) in [4.78, 5) is 22.4. The molecular weight excluding hydrogens is 228 g/mol. The van der Waals surface area contributed by atoms with Gasteiger partial charge in [0.1, 0.15) is 0 Å². The van der Waals surface area contributed by atoms with E-state index in [1.54, 1.807) is 0 Å². The van der Waals surface area contributed by atoms with E-state index in [2.05, 4.69) is 4.74 Å². The van der Waals surface area contributed by atoms with Crippen molar-refractivity contribution in [3.05, 3.63) is 23.5 Å². The molecule has 1 unspecified atom stereocenters. The molecule has 1 aliphatic heterocycles. The summed E-state index contributed by atoms with van der Waals surface area (Å²) in [5.74, 6) is -2.78. The van der Waals surface area contributed by atoms with Crippen LogP contribution in [0.15, 0.2) is 23.5 Å². The summed E-state index contributed by atoms with van der Waals surface area (Å²) < 4.78 is 9.49. The number of carboxylic acids is 1. The van der Waals surface area contributed by atoms with Crippen molar-refractivity contribution >= 4 is 11.9 Å². The molecule has 2 aliphatic rings. The highest BCUT2D eigenvalue weighted by molar-refractivity contribution is 5.92. The number of hydrogen-bond donors (Lipinski definition) is 2. The van der Waals surface area contributed by atoms with Crippen molar-refractivity contribution < 1.29 is 29.3 Å². The molecule has 6 heteroatoms. The van der Waals surface area contributed by atoms with Crippen molar-refractivity contribution in [2.45, 2.75) is 12.7 Å². The predicted molar refractivity (Wildman–Crippen MR) is 54.5 cm³/mol. The van der Waals surface area contributed by atoms with Gasteiger partial charge in [-0.2, -0.15) is 0 Å². The average Bonchev–Trinajstić information content (AvgIpc) is 2.74. The molecule has 0 saturated heterocycles. The van der Waals surface area contributed by atoms with E-state index in [1.165, 1.54) is 13.2 Å². The molecule has 0 fully saturated rings. The molecule has 3 atom stereocenters. The first-order chi connectivity index (χ1) is 8.06. The number of carbonyl (C=O) groups is 2. The van der Waals surface area contributed by atoms with Crippen LogP contribution in [0.25, 0.3) is 0 Å². The Hall–Kier alpha value is -1.82. The lowest BCUT2D eigenvalue weighted by Crippen LogP contribution is -2.36. The third kappa shape index (κ3) is 1.80. The molecule has 1 aliphatic carbocycles. The number of ether oxygens (including phenoxy) is 2. The van der Waals surface area contributed by atoms with Crippen LogP contribution in [0.5, 0.6) is 0 Å². The summed E-state index contributed by atoms with van der Waals surface area (Å²) in [6.07, 6.45) is 1.80. The summed E-state index contributed by atoms with van der Waals surface area (Å²) in [6.45, 7) is 0. The van der Waals surface area contributed by atoms with E-state index in [0.717, 1.165) is 6.26 Å². The Labute approximate surface area is 97.1 Å². The number of carbonyl (C=O) groups excluding carboxylic acids is 1. The zero-order valence-corrected chi connectivity index (χ0v) is 9.12. The molecule has 92 valence electrons. The highest BCUT2D eigenvalue weighted by Crippen LogP contribution is 2.42. The van der Waals surface area contributed by atoms with E-state index in [9.17, 15) is 14.7 Å². The molecule has 0 amide bonds. The lowest BCUT2D eigenvalue weighted by atomic mass is 9.83. The number of hydrogen-bond acceptors (Lipinski definition) is 5. The van der Waals surface area contributed by atoms with Crippen LogP contribution in [-0.4, -0.2) is 35.6 Å². The number of aliphatic hydroxyl groups is 1. The quantitative estimate of drug-likeness (QED) is 0.662. The summed E-state index contributed by atoms with van der Waals surface area (Å²) >= 11 is 0. The monoisotopic (exact) mass is 240 g/mol. The van der Waals surface area contributed by atoms with Gasteiger partial charge in [0.15, 0.2) is 0 Å². The average molecular weight is 240 g/mol. The molecule has 2 rings (SSSR count). The summed E-state index contributed by atoms with van der Waals surface area (Å²) in [7, 11) is 1.24. The standard InChI is InChI=1S/C11H12O6/c1-16-10(14)7-4-17-11(15)8-5(7)2-3-6(8)9(12)13/h3-5,8,11,15H,2H2,1H3,(H,12,13)/t5-,8+,11?/m1/s1. The molecule has 1 heterocycles. The molecule has 0 bridgehead atoms. The minimum Gasteiger partial charge on any atom is -0.478 e. The van der Waals surface area contributed by atoms with Crippen LogP contribution < -0.4 is 0 Å². The van der Waals surface area contributed by atoms with Gasteiger partial charge in [0, 0.05) is 11.5 Å². The van der Waals surface area contributed by atoms with Crippen molar-refractivity contribution in [1.29, 1.82) is 0 Å². The lowest BCUT2D eigenvalue weighted by Gasteiger charge is -2.30. The minimum atomic E-state index is -1.24. The van der Waals surface area contributed by atoms with Crippen molar-refractivity contribution in [1.82, 2.24) is 0 Å². The van der Waals surface area contributed by atoms with Crippen LogP contribution in [0.1, 0.15) is 6.42 Å². The molecular formula is C11H12O6. The molecule has 2 N–H and O–H groups in total. The number of esters is 1. The first kappa shape index (κ1) is 11.7. The molecule has 6 nitrogen and oxygen atoms in total. The van der Waals surface area contributed by atoms with E-state index in [0.29, 0.717) is 6.42 Å². The van der Waals surface area contributed by atoms with Gasteiger partial charge >= 0.3 is 11.9 Å². The number of aliphatic carboxylic acids is 1. The van der Waals surface area contributed by atoms with Crippen LogP contribution in [-0.2, 0) is 19.1 Å². The second kappa shape index (κ2) is 4.21. The van der Waals surface area contributed by atoms with Gasteiger partial charge in [-0.05, 0) is 6.42 Å². The fourth-order valence-electron chi connectivity index (χ4n) is 2.29. The van der Waals surface area contributed by atoms with Gasteiger partial charge in [0.2, 0.25) is 6.29 Å². The molecule has 0 aromatic heterocycles. The van der Waals surface area contributed by atoms with Crippen LogP contribution in [0.4, 0.5) is 0 Å². The third-order valence-corrected chi connectivity index (χ3v) is 3.09. The van der Waals surface area contributed by atoms with Crippen molar-refractivity contribution in [2.24, 2.45) is 11.8 Å². The van der Waals surface area contributed by atoms with Crippen LogP contribution in [0, 0.1) is 11.8 Å². The van der Waals surface area contributed by atoms with E-state index in [1.807, 2.05) is 0 Å². The maximum Gasteiger partial charge on any atom is 0.337 e. The fraction of sp³-hybridized carbons (Fsp3) is 0.455. The van der Waals surface area contributed by atoms with Gasteiger partial charge in [-0.3, -0.25) is 0 Å². The van der Waals surface area contributed by atoms with Gasteiger partial charge in [-0.25, -0.2) is 9.59 Å². The van der Waals surface area contributed by atoms with Crippen molar-refractivity contribution in [2.75, 3.05) is 7.11 Å². The number of fused-ring (bicyclic) bond motifs is 1. The second-order valence-electron chi connectivity index (χ2n) is 3.92. The lowest BCUT2D eigenvalue weighted by molar-refractivity contribution is -0.145. The maximum absolute atomic E-state index is 11.5. The first-order valence-corrected chi connectivity index (χ1v) is 5.11. The van der Waals surface area contributed by atoms with Gasteiger partial charge in [0.05, 0.1) is 24.9 Å². The number of methoxy groups -OCH3 is 1. The van der Waals surface area contributed by atoms with E-state index in [-0.39, 0.29) is 11.1 Å². The first-order valence-electron chi connectivity index (χ1n) is 5.11. The van der Waals surface area contributed by atoms with E-state index < -0.39 is 30.1 Å². The molecule has 17 heavy (non-hydrogen) atoms. The molecule has 0 aromatic carbocycles. The van der Waals surface area contributed by atoms with Crippen LogP contribution in [0.3, 0.4) is 0 Å². The van der Waals surface area contributed by atoms with Gasteiger partial charge < -0.3 is 19.7 Å². The van der Waals surface area contributed by atoms with E-state index in [4.69, 9.17) is 9.84 Å². The largest absolute Gasteiger partial charge is 0.478 e. The minimum absolute atomic E-state index is 0.0806. The maximum atomic E-state index is 11.5. The zero-order valence-electron chi connectivity index (χ0n) is 9.12. The van der Waals surface area contributed by atoms with Gasteiger partial charge in [0.25, 0.3) is 0 Å². The van der Waals surface area contributed by atoms with Crippen LogP contribution in [0.2, 0.25) is 0 Å². The Morgan fingerprint density at radius 2 is 2.18 bits per heavy atom. The normalized spacial score (nSPS) is 30.8. The highest BCUT2D eigenvalue weighted by Gasteiger charge is 2.45. The second-order valence-corrected chi connectivity index (χ2v) is 3.92. The number of carboxylic acid groups (broad SMARTS) is 1. The topological polar surface area (TPSA) is 93.1 Å². The Kier molecular flexibility index (Phi) is 2.89. The van der Waals surface area contributed by atoms with Crippen LogP contribution >= 0.6 is 0 Å². The van der Waals surface area contributed by atoms with E-state index >= 15 is 0 Å². The molecule has 0 saturated carbocycles. The predicted octanol–water partition coefficient (Wildman–Crippen LogP) is 0.0390. The van der Waals surface area contributed by atoms with Gasteiger partial charge in [-0.1, -0.05) is 6.08 Å². The molecule has 0 radical (unpaired) electrons. The third-order valence-electron chi connectivity index (χ3n) is 3.09. The summed E-state index contributed by atoms with van der Waals surface area (Å²) in [6, 6.07) is 0. The summed E-state index contributed by atoms with van der Waals surface area (Å²) in [5.41, 5.74) is 0.340. The Balaban J connectivity index is 2.30. The van der Waals surface area contributed by atoms with Gasteiger partial charge in [-0.15, -0.1) is 0 Å². The number of rotatable bonds is 2. The number of aliphatic hydroxyl groups excluding tert-OH is 1. The molecule has 0 spiro atoms. The summed E-state index contributed by atoms with van der Waals surface area (Å²) in [5, 5.41) is 18.6. The zero-order chi connectivity index (χ0) is 12.6. The highest BCUT2D eigenvalue weighted by atomic mass is 16.6. The Morgan fingerprint density at radius 3 is 2.76 bits per heavy atom. The number of allylic oxidation sites excluding steroid dienone is 1. The molecule has 0 aromatic rings. The Morgan fingerprint density at radius 1 is 1.47 bits per heavy atom. The van der Waals surface area contributed by atoms with Crippen molar-refractivity contribution in [3.8, 4) is 0 Å². The Bertz CT molecular complexity index is 422. The smallest absolute Gasteiger partial charge is 0.337 e.